The molecule has 2 aliphatic rings. The maximum absolute atomic E-state index is 12.0. The molecule has 2 fully saturated rings. The van der Waals surface area contributed by atoms with Gasteiger partial charge in [0, 0.05) is 4.75 Å². The second kappa shape index (κ2) is 3.49. The van der Waals surface area contributed by atoms with E-state index < -0.39 is 22.3 Å². The number of carboxylic acid groups (broad SMARTS) is 1. The molecule has 0 saturated carbocycles. The van der Waals surface area contributed by atoms with E-state index in [-0.39, 0.29) is 11.3 Å². The molecule has 94 valence electrons. The Morgan fingerprint density at radius 2 is 2.29 bits per heavy atom. The Bertz CT molecular complexity index is 410. The van der Waals surface area contributed by atoms with Crippen LogP contribution < -0.4 is 5.73 Å². The number of aliphatic carboxylic acids is 1. The highest BCUT2D eigenvalue weighted by molar-refractivity contribution is 8.01. The van der Waals surface area contributed by atoms with Crippen LogP contribution in [0.2, 0.25) is 0 Å². The molecular weight excluding hydrogens is 240 g/mol. The molecule has 6 heteroatoms. The van der Waals surface area contributed by atoms with Crippen molar-refractivity contribution < 1.29 is 14.7 Å². The SMILES string of the molecule is C=CCC1(N)C(=O)N2[C@@H](C(=O)O)C(C)(C)S[C@@H]21. The van der Waals surface area contributed by atoms with Gasteiger partial charge < -0.3 is 15.7 Å². The third-order valence-electron chi connectivity index (χ3n) is 3.39. The fourth-order valence-corrected chi connectivity index (χ4v) is 4.24. The Balaban J connectivity index is 2.34. The van der Waals surface area contributed by atoms with Crippen molar-refractivity contribution in [2.24, 2.45) is 5.73 Å². The van der Waals surface area contributed by atoms with E-state index in [0.717, 1.165) is 0 Å². The molecule has 0 aromatic rings. The first-order valence-corrected chi connectivity index (χ1v) is 6.27. The number of thioether (sulfide) groups is 1. The topological polar surface area (TPSA) is 83.6 Å². The molecule has 2 saturated heterocycles. The molecule has 0 aliphatic carbocycles. The molecule has 2 heterocycles. The second-order valence-corrected chi connectivity index (χ2v) is 6.79. The molecule has 0 spiro atoms. The Hall–Kier alpha value is -1.01. The summed E-state index contributed by atoms with van der Waals surface area (Å²) in [4.78, 5) is 24.7. The van der Waals surface area contributed by atoms with Gasteiger partial charge in [-0.3, -0.25) is 4.79 Å². The molecule has 0 aromatic heterocycles. The van der Waals surface area contributed by atoms with Crippen LogP contribution in [-0.4, -0.2) is 43.6 Å². The largest absolute Gasteiger partial charge is 0.480 e. The Morgan fingerprint density at radius 3 is 2.76 bits per heavy atom. The minimum absolute atomic E-state index is 0.260. The van der Waals surface area contributed by atoms with Gasteiger partial charge in [-0.25, -0.2) is 4.79 Å². The third kappa shape index (κ3) is 1.43. The summed E-state index contributed by atoms with van der Waals surface area (Å²) in [5.41, 5.74) is 5.07. The van der Waals surface area contributed by atoms with Crippen molar-refractivity contribution in [3.63, 3.8) is 0 Å². The Labute approximate surface area is 104 Å². The molecule has 17 heavy (non-hydrogen) atoms. The van der Waals surface area contributed by atoms with E-state index >= 15 is 0 Å². The molecule has 3 atom stereocenters. The van der Waals surface area contributed by atoms with Crippen molar-refractivity contribution in [3.05, 3.63) is 12.7 Å². The van der Waals surface area contributed by atoms with Crippen molar-refractivity contribution in [3.8, 4) is 0 Å². The number of amides is 1. The van der Waals surface area contributed by atoms with Crippen molar-refractivity contribution in [1.29, 1.82) is 0 Å². The van der Waals surface area contributed by atoms with Gasteiger partial charge in [0.15, 0.2) is 0 Å². The number of carbonyl (C=O) groups excluding carboxylic acids is 1. The van der Waals surface area contributed by atoms with E-state index in [1.165, 1.54) is 16.7 Å². The van der Waals surface area contributed by atoms with E-state index in [1.807, 2.05) is 13.8 Å². The molecular formula is C11H16N2O3S. The first-order valence-electron chi connectivity index (χ1n) is 5.39. The first-order chi connectivity index (χ1) is 7.75. The zero-order valence-electron chi connectivity index (χ0n) is 9.84. The molecule has 1 amide bonds. The number of β-lactam (4-membered cyclic amide) rings is 1. The normalized spacial score (nSPS) is 38.5. The molecule has 1 unspecified atom stereocenters. The molecule has 2 rings (SSSR count). The van der Waals surface area contributed by atoms with Gasteiger partial charge in [0.05, 0.1) is 0 Å². The van der Waals surface area contributed by atoms with E-state index in [2.05, 4.69) is 6.58 Å². The van der Waals surface area contributed by atoms with Gasteiger partial charge in [0.1, 0.15) is 17.0 Å². The lowest BCUT2D eigenvalue weighted by molar-refractivity contribution is -0.165. The number of nitrogens with zero attached hydrogens (tertiary/aromatic N) is 1. The van der Waals surface area contributed by atoms with Gasteiger partial charge in [-0.2, -0.15) is 0 Å². The van der Waals surface area contributed by atoms with E-state index in [9.17, 15) is 14.7 Å². The lowest BCUT2D eigenvalue weighted by Gasteiger charge is -2.50. The number of fused-ring (bicyclic) bond motifs is 1. The standard InChI is InChI=1S/C11H16N2O3S/c1-4-5-11(12)8(16)13-6(7(14)15)10(2,3)17-9(11)13/h4,6,9H,1,5,12H2,2-3H3,(H,14,15)/t6-,9+,11?/m0/s1. The summed E-state index contributed by atoms with van der Waals surface area (Å²) >= 11 is 1.46. The highest BCUT2D eigenvalue weighted by atomic mass is 32.2. The summed E-state index contributed by atoms with van der Waals surface area (Å²) in [7, 11) is 0. The summed E-state index contributed by atoms with van der Waals surface area (Å²) in [5, 5.41) is 8.96. The highest BCUT2D eigenvalue weighted by Crippen LogP contribution is 2.54. The van der Waals surface area contributed by atoms with Crippen LogP contribution in [0.25, 0.3) is 0 Å². The monoisotopic (exact) mass is 256 g/mol. The van der Waals surface area contributed by atoms with Crippen LogP contribution in [0.1, 0.15) is 20.3 Å². The van der Waals surface area contributed by atoms with Crippen molar-refractivity contribution in [1.82, 2.24) is 4.90 Å². The highest BCUT2D eigenvalue weighted by Gasteiger charge is 2.69. The lowest BCUT2D eigenvalue weighted by atomic mass is 9.83. The van der Waals surface area contributed by atoms with Crippen molar-refractivity contribution >= 4 is 23.6 Å². The van der Waals surface area contributed by atoms with Crippen LogP contribution in [0.5, 0.6) is 0 Å². The maximum Gasteiger partial charge on any atom is 0.327 e. The zero-order chi connectivity index (χ0) is 13.0. The van der Waals surface area contributed by atoms with Gasteiger partial charge >= 0.3 is 5.97 Å². The number of carboxylic acids is 1. The molecule has 5 nitrogen and oxygen atoms in total. The summed E-state index contributed by atoms with van der Waals surface area (Å²) in [6.45, 7) is 7.25. The number of rotatable bonds is 3. The molecule has 3 N–H and O–H groups in total. The van der Waals surface area contributed by atoms with Gasteiger partial charge in [0.25, 0.3) is 0 Å². The van der Waals surface area contributed by atoms with Crippen molar-refractivity contribution in [2.45, 2.75) is 42.0 Å². The fraction of sp³-hybridized carbons (Fsp3) is 0.636. The number of carbonyl (C=O) groups is 2. The summed E-state index contributed by atoms with van der Waals surface area (Å²) < 4.78 is -0.519. The fourth-order valence-electron chi connectivity index (χ4n) is 2.58. The average molecular weight is 256 g/mol. The lowest BCUT2D eigenvalue weighted by Crippen LogP contribution is -2.77. The molecule has 0 radical (unpaired) electrons. The minimum Gasteiger partial charge on any atom is -0.480 e. The predicted molar refractivity (Wildman–Crippen MR) is 65.5 cm³/mol. The van der Waals surface area contributed by atoms with Crippen LogP contribution in [0, 0.1) is 0 Å². The smallest absolute Gasteiger partial charge is 0.327 e. The first kappa shape index (κ1) is 12.4. The van der Waals surface area contributed by atoms with Gasteiger partial charge in [-0.05, 0) is 20.3 Å². The summed E-state index contributed by atoms with van der Waals surface area (Å²) in [5.74, 6) is -1.26. The van der Waals surface area contributed by atoms with Crippen LogP contribution in [0.4, 0.5) is 0 Å². The van der Waals surface area contributed by atoms with Gasteiger partial charge in [0.2, 0.25) is 5.91 Å². The van der Waals surface area contributed by atoms with Crippen molar-refractivity contribution in [2.75, 3.05) is 0 Å². The minimum atomic E-state index is -0.978. The molecule has 0 bridgehead atoms. The molecule has 2 aliphatic heterocycles. The van der Waals surface area contributed by atoms with Gasteiger partial charge in [-0.1, -0.05) is 6.08 Å². The van der Waals surface area contributed by atoms with Crippen LogP contribution in [0.3, 0.4) is 0 Å². The predicted octanol–water partition coefficient (Wildman–Crippen LogP) is 0.407. The quantitative estimate of drug-likeness (QED) is 0.564. The zero-order valence-corrected chi connectivity index (χ0v) is 10.7. The number of nitrogens with two attached hydrogens (primary N) is 1. The maximum atomic E-state index is 12.0. The van der Waals surface area contributed by atoms with Crippen LogP contribution >= 0.6 is 11.8 Å². The Kier molecular flexibility index (Phi) is 2.56. The average Bonchev–Trinajstić information content (AvgIpc) is 2.48. The van der Waals surface area contributed by atoms with Crippen LogP contribution in [-0.2, 0) is 9.59 Å². The summed E-state index contributed by atoms with van der Waals surface area (Å²) in [6.07, 6.45) is 1.99. The molecule has 0 aromatic carbocycles. The van der Waals surface area contributed by atoms with E-state index in [0.29, 0.717) is 6.42 Å². The van der Waals surface area contributed by atoms with Crippen LogP contribution in [0.15, 0.2) is 12.7 Å². The van der Waals surface area contributed by atoms with E-state index in [1.54, 1.807) is 6.08 Å². The Morgan fingerprint density at radius 1 is 1.71 bits per heavy atom. The third-order valence-corrected chi connectivity index (χ3v) is 5.10. The number of hydrogen-bond acceptors (Lipinski definition) is 4. The van der Waals surface area contributed by atoms with E-state index in [4.69, 9.17) is 5.73 Å². The number of hydrogen-bond donors (Lipinski definition) is 2. The van der Waals surface area contributed by atoms with Gasteiger partial charge in [-0.15, -0.1) is 18.3 Å². The second-order valence-electron chi connectivity index (χ2n) is 5.06. The summed E-state index contributed by atoms with van der Waals surface area (Å²) in [6, 6.07) is -0.800.